The van der Waals surface area contributed by atoms with Crippen LogP contribution in [0.5, 0.6) is 0 Å². The van der Waals surface area contributed by atoms with Crippen molar-refractivity contribution in [3.8, 4) is 0 Å². The maximum absolute atomic E-state index is 13.6. The third kappa shape index (κ3) is 3.27. The molecular formula is C32H52O3. The molecule has 0 aromatic rings. The number of carbonyl (C=O) groups is 2. The molecule has 5 aliphatic carbocycles. The Balaban J connectivity index is 1.52. The lowest BCUT2D eigenvalue weighted by atomic mass is 9.32. The predicted octanol–water partition coefficient (Wildman–Crippen LogP) is 7.85. The van der Waals surface area contributed by atoms with Gasteiger partial charge in [0.15, 0.2) is 11.9 Å². The van der Waals surface area contributed by atoms with Gasteiger partial charge in [0.1, 0.15) is 0 Å². The largest absolute Gasteiger partial charge is 0.454 e. The van der Waals surface area contributed by atoms with E-state index in [9.17, 15) is 9.59 Å². The average molecular weight is 485 g/mol. The Bertz CT molecular complexity index is 904. The number of fused-ring (bicyclic) bond motifs is 7. The van der Waals surface area contributed by atoms with Crippen LogP contribution in [-0.2, 0) is 14.3 Å². The van der Waals surface area contributed by atoms with Crippen LogP contribution in [0.1, 0.15) is 120 Å². The van der Waals surface area contributed by atoms with Gasteiger partial charge >= 0.3 is 5.97 Å². The topological polar surface area (TPSA) is 43.4 Å². The molecule has 0 aliphatic heterocycles. The first-order chi connectivity index (χ1) is 16.1. The molecule has 5 rings (SSSR count). The van der Waals surface area contributed by atoms with Crippen LogP contribution < -0.4 is 0 Å². The molecule has 0 radical (unpaired) electrons. The summed E-state index contributed by atoms with van der Waals surface area (Å²) in [4.78, 5) is 25.5. The fraction of sp³-hybridized carbons (Fsp3) is 0.938. The zero-order valence-electron chi connectivity index (χ0n) is 24.1. The van der Waals surface area contributed by atoms with Gasteiger partial charge in [-0.05, 0) is 109 Å². The molecular weight excluding hydrogens is 432 g/mol. The van der Waals surface area contributed by atoms with Crippen LogP contribution in [0.15, 0.2) is 0 Å². The summed E-state index contributed by atoms with van der Waals surface area (Å²) in [6.45, 7) is 21.2. The van der Waals surface area contributed by atoms with Crippen molar-refractivity contribution in [2.75, 3.05) is 0 Å². The quantitative estimate of drug-likeness (QED) is 0.375. The SMILES string of the molecule is CC(=O)O[C@@H]1C(=O)CC2(C)C3CCC4[C@H]5[C@H](C(C)C)CCC5(C)CC[C@@]4(C)C3(C)CC[C@H]2C1(C)C. The Morgan fingerprint density at radius 3 is 2.17 bits per heavy atom. The van der Waals surface area contributed by atoms with Gasteiger partial charge in [0.05, 0.1) is 0 Å². The molecule has 5 fully saturated rings. The molecule has 0 amide bonds. The Kier molecular flexibility index (Phi) is 5.76. The molecule has 0 aromatic carbocycles. The number of hydrogen-bond acceptors (Lipinski definition) is 3. The van der Waals surface area contributed by atoms with Crippen molar-refractivity contribution >= 4 is 11.8 Å². The lowest BCUT2D eigenvalue weighted by molar-refractivity contribution is -0.245. The summed E-state index contributed by atoms with van der Waals surface area (Å²) in [7, 11) is 0. The standard InChI is InChI=1S/C32H52O3/c1-19(2)21-12-14-29(6)16-17-31(8)22(26(21)29)10-11-25-30(7)18-23(34)27(35-20(3)33)28(4,5)24(30)13-15-32(25,31)9/h19,21-22,24-27H,10-18H2,1-9H3/t21-,22?,24-,25?,26+,27+,29?,30?,31+,32?/m0/s1. The summed E-state index contributed by atoms with van der Waals surface area (Å²) < 4.78 is 5.68. The fourth-order valence-corrected chi connectivity index (χ4v) is 12.0. The third-order valence-electron chi connectivity index (χ3n) is 13.7. The van der Waals surface area contributed by atoms with Crippen molar-refractivity contribution in [3.63, 3.8) is 0 Å². The second kappa shape index (κ2) is 7.83. The van der Waals surface area contributed by atoms with Crippen LogP contribution in [-0.4, -0.2) is 17.9 Å². The smallest absolute Gasteiger partial charge is 0.303 e. The summed E-state index contributed by atoms with van der Waals surface area (Å²) in [6, 6.07) is 0. The van der Waals surface area contributed by atoms with Gasteiger partial charge in [0.2, 0.25) is 0 Å². The lowest BCUT2D eigenvalue weighted by Crippen LogP contribution is -2.68. The van der Waals surface area contributed by atoms with Crippen LogP contribution in [0.3, 0.4) is 0 Å². The zero-order chi connectivity index (χ0) is 25.8. The van der Waals surface area contributed by atoms with Gasteiger partial charge in [-0.25, -0.2) is 0 Å². The van der Waals surface area contributed by atoms with Crippen molar-refractivity contribution in [2.45, 2.75) is 126 Å². The number of hydrogen-bond donors (Lipinski definition) is 0. The van der Waals surface area contributed by atoms with E-state index in [-0.39, 0.29) is 28.0 Å². The second-order valence-electron chi connectivity index (χ2n) is 15.7. The molecule has 0 bridgehead atoms. The first-order valence-corrected chi connectivity index (χ1v) is 14.8. The highest BCUT2D eigenvalue weighted by atomic mass is 16.5. The molecule has 5 unspecified atom stereocenters. The molecule has 5 aliphatic rings. The summed E-state index contributed by atoms with van der Waals surface area (Å²) in [6.07, 6.45) is 10.6. The number of carbonyl (C=O) groups excluding carboxylic acids is 2. The van der Waals surface area contributed by atoms with Gasteiger partial charge in [-0.1, -0.05) is 55.4 Å². The van der Waals surface area contributed by atoms with E-state index in [1.165, 1.54) is 51.9 Å². The predicted molar refractivity (Wildman–Crippen MR) is 141 cm³/mol. The van der Waals surface area contributed by atoms with E-state index in [0.717, 1.165) is 30.1 Å². The first kappa shape index (κ1) is 25.8. The monoisotopic (exact) mass is 484 g/mol. The number of ether oxygens (including phenoxy) is 1. The third-order valence-corrected chi connectivity index (χ3v) is 13.7. The average Bonchev–Trinajstić information content (AvgIpc) is 3.09. The molecule has 0 spiro atoms. The van der Waals surface area contributed by atoms with Gasteiger partial charge in [0.25, 0.3) is 0 Å². The van der Waals surface area contributed by atoms with Crippen LogP contribution >= 0.6 is 0 Å². The van der Waals surface area contributed by atoms with Gasteiger partial charge in [-0.3, -0.25) is 9.59 Å². The Morgan fingerprint density at radius 2 is 1.54 bits per heavy atom. The Morgan fingerprint density at radius 1 is 0.857 bits per heavy atom. The van der Waals surface area contributed by atoms with E-state index < -0.39 is 6.10 Å². The van der Waals surface area contributed by atoms with Gasteiger partial charge in [0, 0.05) is 18.8 Å². The van der Waals surface area contributed by atoms with Crippen molar-refractivity contribution in [3.05, 3.63) is 0 Å². The van der Waals surface area contributed by atoms with Gasteiger partial charge in [-0.15, -0.1) is 0 Å². The Hall–Kier alpha value is -0.860. The van der Waals surface area contributed by atoms with Crippen LogP contribution in [0, 0.1) is 62.6 Å². The summed E-state index contributed by atoms with van der Waals surface area (Å²) >= 11 is 0. The van der Waals surface area contributed by atoms with Crippen LogP contribution in [0.25, 0.3) is 0 Å². The molecule has 0 saturated heterocycles. The van der Waals surface area contributed by atoms with Gasteiger partial charge < -0.3 is 4.74 Å². The molecule has 3 heteroatoms. The number of ketones is 1. The lowest BCUT2D eigenvalue weighted by Gasteiger charge is -2.72. The molecule has 0 N–H and O–H groups in total. The van der Waals surface area contributed by atoms with Crippen LogP contribution in [0.4, 0.5) is 0 Å². The molecule has 0 aromatic heterocycles. The second-order valence-corrected chi connectivity index (χ2v) is 15.7. The number of rotatable bonds is 2. The highest BCUT2D eigenvalue weighted by Gasteiger charge is 2.71. The van der Waals surface area contributed by atoms with E-state index in [0.29, 0.717) is 29.1 Å². The normalized spacial score (nSPS) is 52.8. The van der Waals surface area contributed by atoms with Crippen molar-refractivity contribution in [1.82, 2.24) is 0 Å². The minimum atomic E-state index is -0.588. The molecule has 5 saturated carbocycles. The Labute approximate surface area is 214 Å². The highest BCUT2D eigenvalue weighted by molar-refractivity contribution is 5.87. The molecule has 3 nitrogen and oxygen atoms in total. The van der Waals surface area contributed by atoms with Crippen molar-refractivity contribution in [1.29, 1.82) is 0 Å². The highest BCUT2D eigenvalue weighted by Crippen LogP contribution is 2.77. The summed E-state index contributed by atoms with van der Waals surface area (Å²) in [5.74, 6) is 4.15. The minimum absolute atomic E-state index is 0.00785. The summed E-state index contributed by atoms with van der Waals surface area (Å²) in [5, 5.41) is 0. The first-order valence-electron chi connectivity index (χ1n) is 14.8. The minimum Gasteiger partial charge on any atom is -0.454 e. The van der Waals surface area contributed by atoms with Gasteiger partial charge in [-0.2, -0.15) is 0 Å². The van der Waals surface area contributed by atoms with E-state index in [1.807, 2.05) is 0 Å². The molecule has 10 atom stereocenters. The maximum atomic E-state index is 13.6. The van der Waals surface area contributed by atoms with Crippen molar-refractivity contribution < 1.29 is 14.3 Å². The van der Waals surface area contributed by atoms with E-state index >= 15 is 0 Å². The number of esters is 1. The molecule has 35 heavy (non-hydrogen) atoms. The van der Waals surface area contributed by atoms with E-state index in [1.54, 1.807) is 0 Å². The molecule has 198 valence electrons. The van der Waals surface area contributed by atoms with E-state index in [4.69, 9.17) is 4.74 Å². The van der Waals surface area contributed by atoms with Crippen molar-refractivity contribution in [2.24, 2.45) is 62.6 Å². The molecule has 0 heterocycles. The van der Waals surface area contributed by atoms with Crippen LogP contribution in [0.2, 0.25) is 0 Å². The fourth-order valence-electron chi connectivity index (χ4n) is 12.0. The maximum Gasteiger partial charge on any atom is 0.303 e. The number of Topliss-reactive ketones (excluding diaryl/α,β-unsaturated/α-hetero) is 1. The zero-order valence-corrected chi connectivity index (χ0v) is 24.1. The summed E-state index contributed by atoms with van der Waals surface area (Å²) in [5.41, 5.74) is 0.840. The van der Waals surface area contributed by atoms with E-state index in [2.05, 4.69) is 55.4 Å².